The van der Waals surface area contributed by atoms with Crippen LogP contribution in [0.2, 0.25) is 0 Å². The van der Waals surface area contributed by atoms with Gasteiger partial charge in [-0.15, -0.1) is 11.8 Å². The van der Waals surface area contributed by atoms with Crippen LogP contribution in [-0.2, 0) is 16.6 Å². The van der Waals surface area contributed by atoms with Crippen LogP contribution in [0, 0.1) is 0 Å². The lowest BCUT2D eigenvalue weighted by molar-refractivity contribution is 0.445. The molecule has 120 valence electrons. The number of hydrogen-bond acceptors (Lipinski definition) is 5. The molecule has 0 amide bonds. The van der Waals surface area contributed by atoms with E-state index in [0.717, 1.165) is 17.3 Å². The average Bonchev–Trinajstić information content (AvgIpc) is 3.02. The van der Waals surface area contributed by atoms with E-state index in [-0.39, 0.29) is 4.90 Å². The minimum absolute atomic E-state index is 0.243. The topological polar surface area (TPSA) is 68.1 Å². The number of hydrogen-bond donors (Lipinski definition) is 0. The maximum Gasteiger partial charge on any atom is 0.244 e. The van der Waals surface area contributed by atoms with Crippen molar-refractivity contribution in [1.82, 2.24) is 19.1 Å². The summed E-state index contributed by atoms with van der Waals surface area (Å²) in [5.74, 6) is 0.830. The SMILES string of the molecule is CCN(CC)S(=O)(=O)c1ccc(SCCn2cccn2)nc1. The molecule has 2 rings (SSSR count). The minimum atomic E-state index is -3.43. The van der Waals surface area contributed by atoms with E-state index < -0.39 is 10.0 Å². The van der Waals surface area contributed by atoms with Gasteiger partial charge < -0.3 is 0 Å². The molecule has 2 aromatic heterocycles. The van der Waals surface area contributed by atoms with Gasteiger partial charge >= 0.3 is 0 Å². The van der Waals surface area contributed by atoms with Crippen molar-refractivity contribution >= 4 is 21.8 Å². The van der Waals surface area contributed by atoms with Gasteiger partial charge in [0.25, 0.3) is 0 Å². The molecule has 0 fully saturated rings. The molecule has 0 aliphatic heterocycles. The quantitative estimate of drug-likeness (QED) is 0.689. The van der Waals surface area contributed by atoms with Gasteiger partial charge in [-0.1, -0.05) is 13.8 Å². The molecule has 0 saturated carbocycles. The summed E-state index contributed by atoms with van der Waals surface area (Å²) < 4.78 is 28.0. The van der Waals surface area contributed by atoms with Gasteiger partial charge in [0, 0.05) is 37.4 Å². The van der Waals surface area contributed by atoms with E-state index in [0.29, 0.717) is 13.1 Å². The fraction of sp³-hybridized carbons (Fsp3) is 0.429. The largest absolute Gasteiger partial charge is 0.272 e. The molecule has 0 aromatic carbocycles. The zero-order valence-corrected chi connectivity index (χ0v) is 14.3. The van der Waals surface area contributed by atoms with E-state index in [1.807, 2.05) is 30.8 Å². The second kappa shape index (κ2) is 7.75. The summed E-state index contributed by atoms with van der Waals surface area (Å²) in [6.45, 7) is 5.36. The molecule has 2 aromatic rings. The highest BCUT2D eigenvalue weighted by Crippen LogP contribution is 2.19. The molecule has 0 unspecified atom stereocenters. The monoisotopic (exact) mass is 340 g/mol. The first-order valence-electron chi connectivity index (χ1n) is 7.14. The van der Waals surface area contributed by atoms with Crippen LogP contribution in [0.15, 0.2) is 46.7 Å². The predicted octanol–water partition coefficient (Wildman–Crippen LogP) is 2.10. The Labute approximate surface area is 135 Å². The van der Waals surface area contributed by atoms with Crippen molar-refractivity contribution in [3.63, 3.8) is 0 Å². The molecule has 6 nitrogen and oxygen atoms in total. The first-order valence-corrected chi connectivity index (χ1v) is 9.57. The zero-order valence-electron chi connectivity index (χ0n) is 12.7. The van der Waals surface area contributed by atoms with Gasteiger partial charge in [-0.2, -0.15) is 9.40 Å². The zero-order chi connectivity index (χ0) is 16.0. The number of thioether (sulfide) groups is 1. The summed E-state index contributed by atoms with van der Waals surface area (Å²) in [4.78, 5) is 4.49. The van der Waals surface area contributed by atoms with Crippen molar-refractivity contribution in [3.8, 4) is 0 Å². The van der Waals surface area contributed by atoms with Crippen molar-refractivity contribution < 1.29 is 8.42 Å². The summed E-state index contributed by atoms with van der Waals surface area (Å²) in [6, 6.07) is 5.26. The molecule has 0 atom stereocenters. The van der Waals surface area contributed by atoms with Crippen molar-refractivity contribution in [3.05, 3.63) is 36.8 Å². The summed E-state index contributed by atoms with van der Waals surface area (Å²) in [5.41, 5.74) is 0. The van der Waals surface area contributed by atoms with Crippen LogP contribution in [0.1, 0.15) is 13.8 Å². The maximum absolute atomic E-state index is 12.3. The van der Waals surface area contributed by atoms with Crippen LogP contribution in [-0.4, -0.2) is 46.3 Å². The first-order chi connectivity index (χ1) is 10.6. The molecule has 22 heavy (non-hydrogen) atoms. The number of pyridine rings is 1. The van der Waals surface area contributed by atoms with Crippen molar-refractivity contribution in [2.45, 2.75) is 30.3 Å². The standard InChI is InChI=1S/C14H20N4O2S2/c1-3-18(4-2)22(19,20)13-6-7-14(15-12-13)21-11-10-17-9-5-8-16-17/h5-9,12H,3-4,10-11H2,1-2H3. The molecular formula is C14H20N4O2S2. The highest BCUT2D eigenvalue weighted by molar-refractivity contribution is 7.99. The molecule has 0 bridgehead atoms. The highest BCUT2D eigenvalue weighted by Gasteiger charge is 2.21. The average molecular weight is 340 g/mol. The van der Waals surface area contributed by atoms with Gasteiger partial charge in [-0.3, -0.25) is 4.68 Å². The fourth-order valence-electron chi connectivity index (χ4n) is 1.99. The summed E-state index contributed by atoms with van der Waals surface area (Å²) in [6.07, 6.45) is 5.09. The Morgan fingerprint density at radius 3 is 2.59 bits per heavy atom. The summed E-state index contributed by atoms with van der Waals surface area (Å²) >= 11 is 1.58. The Hall–Kier alpha value is -1.38. The Kier molecular flexibility index (Phi) is 5.98. The molecule has 0 aliphatic rings. The summed E-state index contributed by atoms with van der Waals surface area (Å²) in [7, 11) is -3.43. The predicted molar refractivity (Wildman–Crippen MR) is 87.3 cm³/mol. The Balaban J connectivity index is 1.98. The molecule has 0 aliphatic carbocycles. The van der Waals surface area contributed by atoms with E-state index in [2.05, 4.69) is 10.1 Å². The first kappa shape index (κ1) is 17.0. The van der Waals surface area contributed by atoms with E-state index in [4.69, 9.17) is 0 Å². The third kappa shape index (κ3) is 4.08. The van der Waals surface area contributed by atoms with E-state index in [9.17, 15) is 8.42 Å². The van der Waals surface area contributed by atoms with Crippen LogP contribution >= 0.6 is 11.8 Å². The smallest absolute Gasteiger partial charge is 0.244 e. The van der Waals surface area contributed by atoms with Crippen LogP contribution in [0.3, 0.4) is 0 Å². The second-order valence-corrected chi connectivity index (χ2v) is 7.59. The second-order valence-electron chi connectivity index (χ2n) is 4.54. The van der Waals surface area contributed by atoms with E-state index in [1.165, 1.54) is 10.5 Å². The van der Waals surface area contributed by atoms with Gasteiger partial charge in [-0.25, -0.2) is 13.4 Å². The van der Waals surface area contributed by atoms with Gasteiger partial charge in [0.15, 0.2) is 0 Å². The molecule has 2 heterocycles. The third-order valence-corrected chi connectivity index (χ3v) is 6.14. The molecule has 0 saturated heterocycles. The van der Waals surface area contributed by atoms with Crippen molar-refractivity contribution in [2.24, 2.45) is 0 Å². The lowest BCUT2D eigenvalue weighted by atomic mass is 10.5. The van der Waals surface area contributed by atoms with Gasteiger partial charge in [0.05, 0.1) is 11.6 Å². The van der Waals surface area contributed by atoms with Crippen LogP contribution in [0.25, 0.3) is 0 Å². The molecule has 0 N–H and O–H groups in total. The van der Waals surface area contributed by atoms with Crippen molar-refractivity contribution in [1.29, 1.82) is 0 Å². The van der Waals surface area contributed by atoms with Crippen molar-refractivity contribution in [2.75, 3.05) is 18.8 Å². The lowest BCUT2D eigenvalue weighted by Crippen LogP contribution is -2.30. The lowest BCUT2D eigenvalue weighted by Gasteiger charge is -2.18. The highest BCUT2D eigenvalue weighted by atomic mass is 32.2. The third-order valence-electron chi connectivity index (χ3n) is 3.18. The van der Waals surface area contributed by atoms with Gasteiger partial charge in [0.1, 0.15) is 4.90 Å². The Morgan fingerprint density at radius 2 is 2.05 bits per heavy atom. The Morgan fingerprint density at radius 1 is 1.27 bits per heavy atom. The maximum atomic E-state index is 12.3. The van der Waals surface area contributed by atoms with Gasteiger partial charge in [0.2, 0.25) is 10.0 Å². The number of aryl methyl sites for hydroxylation is 1. The number of sulfonamides is 1. The van der Waals surface area contributed by atoms with E-state index in [1.54, 1.807) is 30.1 Å². The number of aromatic nitrogens is 3. The fourth-order valence-corrected chi connectivity index (χ4v) is 4.18. The normalized spacial score (nSPS) is 12.0. The molecular weight excluding hydrogens is 320 g/mol. The molecule has 0 spiro atoms. The van der Waals surface area contributed by atoms with Crippen LogP contribution < -0.4 is 0 Å². The molecule has 8 heteroatoms. The van der Waals surface area contributed by atoms with Crippen LogP contribution in [0.4, 0.5) is 0 Å². The number of rotatable bonds is 8. The minimum Gasteiger partial charge on any atom is -0.272 e. The summed E-state index contributed by atoms with van der Waals surface area (Å²) in [5, 5.41) is 4.94. The number of nitrogens with zero attached hydrogens (tertiary/aromatic N) is 4. The van der Waals surface area contributed by atoms with Gasteiger partial charge in [-0.05, 0) is 18.2 Å². The molecule has 0 radical (unpaired) electrons. The van der Waals surface area contributed by atoms with Crippen LogP contribution in [0.5, 0.6) is 0 Å². The van der Waals surface area contributed by atoms with E-state index >= 15 is 0 Å². The Bertz CT molecular complexity index is 665.